The van der Waals surface area contributed by atoms with E-state index in [4.69, 9.17) is 4.98 Å². The smallest absolute Gasteiger partial charge is 0.220 e. The van der Waals surface area contributed by atoms with Crippen LogP contribution in [-0.4, -0.2) is 15.5 Å². The second-order valence-corrected chi connectivity index (χ2v) is 6.45. The Morgan fingerprint density at radius 3 is 2.30 bits per heavy atom. The fourth-order valence-corrected chi connectivity index (χ4v) is 3.22. The maximum Gasteiger partial charge on any atom is 0.220 e. The highest BCUT2D eigenvalue weighted by atomic mass is 16.1. The molecule has 0 atom stereocenters. The third-order valence-electron chi connectivity index (χ3n) is 4.55. The molecular weight excluding hydrogens is 334 g/mol. The van der Waals surface area contributed by atoms with E-state index in [1.807, 2.05) is 66.7 Å². The van der Waals surface area contributed by atoms with Crippen molar-refractivity contribution in [3.05, 3.63) is 96.3 Å². The van der Waals surface area contributed by atoms with Crippen LogP contribution in [0.15, 0.2) is 84.9 Å². The van der Waals surface area contributed by atoms with Crippen molar-refractivity contribution in [2.45, 2.75) is 19.4 Å². The number of para-hydroxylation sites is 3. The van der Waals surface area contributed by atoms with Crippen LogP contribution >= 0.6 is 0 Å². The molecule has 134 valence electrons. The summed E-state index contributed by atoms with van der Waals surface area (Å²) < 4.78 is 2.14. The van der Waals surface area contributed by atoms with E-state index >= 15 is 0 Å². The lowest BCUT2D eigenvalue weighted by Gasteiger charge is -2.09. The van der Waals surface area contributed by atoms with Crippen LogP contribution in [0, 0.1) is 0 Å². The second-order valence-electron chi connectivity index (χ2n) is 6.45. The molecule has 1 aromatic heterocycles. The first kappa shape index (κ1) is 17.0. The van der Waals surface area contributed by atoms with Gasteiger partial charge in [0, 0.05) is 25.1 Å². The third-order valence-corrected chi connectivity index (χ3v) is 4.55. The van der Waals surface area contributed by atoms with Gasteiger partial charge in [0.15, 0.2) is 0 Å². The number of imidazole rings is 1. The van der Waals surface area contributed by atoms with E-state index in [-0.39, 0.29) is 5.91 Å². The predicted molar refractivity (Wildman–Crippen MR) is 108 cm³/mol. The van der Waals surface area contributed by atoms with Crippen LogP contribution in [0.3, 0.4) is 0 Å². The second kappa shape index (κ2) is 7.87. The zero-order valence-corrected chi connectivity index (χ0v) is 15.0. The molecule has 1 heterocycles. The molecule has 4 rings (SSSR count). The first-order valence-electron chi connectivity index (χ1n) is 9.14. The maximum atomic E-state index is 12.3. The van der Waals surface area contributed by atoms with Crippen LogP contribution in [0.4, 0.5) is 0 Å². The number of fused-ring (bicyclic) bond motifs is 1. The van der Waals surface area contributed by atoms with Gasteiger partial charge in [-0.15, -0.1) is 0 Å². The number of carbonyl (C=O) groups is 1. The van der Waals surface area contributed by atoms with Gasteiger partial charge in [-0.05, 0) is 29.8 Å². The topological polar surface area (TPSA) is 46.9 Å². The summed E-state index contributed by atoms with van der Waals surface area (Å²) in [5, 5.41) is 2.99. The molecule has 1 N–H and O–H groups in total. The molecule has 4 nitrogen and oxygen atoms in total. The quantitative estimate of drug-likeness (QED) is 0.561. The zero-order chi connectivity index (χ0) is 18.5. The van der Waals surface area contributed by atoms with Crippen molar-refractivity contribution in [1.29, 1.82) is 0 Å². The van der Waals surface area contributed by atoms with Gasteiger partial charge < -0.3 is 5.32 Å². The van der Waals surface area contributed by atoms with Crippen molar-refractivity contribution >= 4 is 16.9 Å². The Bertz CT molecular complexity index is 1040. The zero-order valence-electron chi connectivity index (χ0n) is 15.0. The fourth-order valence-electron chi connectivity index (χ4n) is 3.22. The van der Waals surface area contributed by atoms with Crippen molar-refractivity contribution in [2.24, 2.45) is 0 Å². The Morgan fingerprint density at radius 1 is 0.852 bits per heavy atom. The van der Waals surface area contributed by atoms with Crippen LogP contribution in [0.1, 0.15) is 17.8 Å². The summed E-state index contributed by atoms with van der Waals surface area (Å²) in [5.74, 6) is 0.933. The van der Waals surface area contributed by atoms with Gasteiger partial charge >= 0.3 is 0 Å². The summed E-state index contributed by atoms with van der Waals surface area (Å²) in [6.07, 6.45) is 0.993. The number of hydrogen-bond donors (Lipinski definition) is 1. The van der Waals surface area contributed by atoms with Gasteiger partial charge in [-0.3, -0.25) is 9.36 Å². The van der Waals surface area contributed by atoms with Crippen molar-refractivity contribution in [3.8, 4) is 5.69 Å². The summed E-state index contributed by atoms with van der Waals surface area (Å²) in [6.45, 7) is 0.550. The van der Waals surface area contributed by atoms with E-state index in [1.165, 1.54) is 0 Å². The minimum Gasteiger partial charge on any atom is -0.352 e. The Kier molecular flexibility index (Phi) is 4.97. The molecule has 0 aliphatic carbocycles. The molecule has 0 fully saturated rings. The highest BCUT2D eigenvalue weighted by Gasteiger charge is 2.13. The Labute approximate surface area is 158 Å². The van der Waals surface area contributed by atoms with Crippen LogP contribution in [0.5, 0.6) is 0 Å². The summed E-state index contributed by atoms with van der Waals surface area (Å²) >= 11 is 0. The molecule has 0 aliphatic rings. The van der Waals surface area contributed by atoms with Crippen molar-refractivity contribution in [2.75, 3.05) is 0 Å². The number of benzene rings is 3. The average Bonchev–Trinajstić information content (AvgIpc) is 3.10. The molecule has 4 aromatic rings. The highest BCUT2D eigenvalue weighted by molar-refractivity contribution is 5.79. The van der Waals surface area contributed by atoms with E-state index in [9.17, 15) is 4.79 Å². The fraction of sp³-hybridized carbons (Fsp3) is 0.130. The summed E-state index contributed by atoms with van der Waals surface area (Å²) in [7, 11) is 0. The van der Waals surface area contributed by atoms with Gasteiger partial charge in [-0.2, -0.15) is 0 Å². The first-order chi connectivity index (χ1) is 13.3. The van der Waals surface area contributed by atoms with Crippen molar-refractivity contribution in [1.82, 2.24) is 14.9 Å². The molecular formula is C23H21N3O. The van der Waals surface area contributed by atoms with Gasteiger partial charge in [-0.1, -0.05) is 60.7 Å². The maximum absolute atomic E-state index is 12.3. The number of nitrogens with one attached hydrogen (secondary N) is 1. The minimum absolute atomic E-state index is 0.0329. The van der Waals surface area contributed by atoms with Crippen molar-refractivity contribution in [3.63, 3.8) is 0 Å². The van der Waals surface area contributed by atoms with Crippen LogP contribution < -0.4 is 5.32 Å². The molecule has 1 amide bonds. The Morgan fingerprint density at radius 2 is 1.52 bits per heavy atom. The van der Waals surface area contributed by atoms with Crippen LogP contribution in [0.2, 0.25) is 0 Å². The largest absolute Gasteiger partial charge is 0.352 e. The lowest BCUT2D eigenvalue weighted by atomic mass is 10.2. The number of rotatable bonds is 6. The SMILES string of the molecule is O=C(CCc1nc2ccccc2n1-c1ccccc1)NCc1ccccc1. The van der Waals surface area contributed by atoms with Gasteiger partial charge in [0.05, 0.1) is 11.0 Å². The highest BCUT2D eigenvalue weighted by Crippen LogP contribution is 2.22. The first-order valence-corrected chi connectivity index (χ1v) is 9.14. The lowest BCUT2D eigenvalue weighted by molar-refractivity contribution is -0.121. The van der Waals surface area contributed by atoms with E-state index in [0.29, 0.717) is 19.4 Å². The lowest BCUT2D eigenvalue weighted by Crippen LogP contribution is -2.23. The van der Waals surface area contributed by atoms with E-state index in [0.717, 1.165) is 28.1 Å². The predicted octanol–water partition coefficient (Wildman–Crippen LogP) is 4.27. The number of aromatic nitrogens is 2. The van der Waals surface area contributed by atoms with Gasteiger partial charge in [0.1, 0.15) is 5.82 Å². The minimum atomic E-state index is 0.0329. The monoisotopic (exact) mass is 355 g/mol. The van der Waals surface area contributed by atoms with Crippen LogP contribution in [-0.2, 0) is 17.8 Å². The summed E-state index contributed by atoms with van der Waals surface area (Å²) in [6, 6.07) is 28.2. The normalized spacial score (nSPS) is 10.8. The molecule has 0 bridgehead atoms. The molecule has 0 spiro atoms. The van der Waals surface area contributed by atoms with Gasteiger partial charge in [-0.25, -0.2) is 4.98 Å². The number of carbonyl (C=O) groups excluding carboxylic acids is 1. The molecule has 3 aromatic carbocycles. The molecule has 0 saturated heterocycles. The van der Waals surface area contributed by atoms with E-state index in [1.54, 1.807) is 0 Å². The molecule has 4 heteroatoms. The number of hydrogen-bond acceptors (Lipinski definition) is 2. The summed E-state index contributed by atoms with van der Waals surface area (Å²) in [5.41, 5.74) is 4.16. The molecule has 0 saturated carbocycles. The number of aryl methyl sites for hydroxylation is 1. The van der Waals surface area contributed by atoms with E-state index < -0.39 is 0 Å². The standard InChI is InChI=1S/C23H21N3O/c27-23(24-17-18-9-3-1-4-10-18)16-15-22-25-20-13-7-8-14-21(20)26(22)19-11-5-2-6-12-19/h1-14H,15-17H2,(H,24,27). The van der Waals surface area contributed by atoms with E-state index in [2.05, 4.69) is 28.1 Å². The summed E-state index contributed by atoms with van der Waals surface area (Å²) in [4.78, 5) is 17.1. The molecule has 0 radical (unpaired) electrons. The van der Waals surface area contributed by atoms with Gasteiger partial charge in [0.2, 0.25) is 5.91 Å². The van der Waals surface area contributed by atoms with Crippen LogP contribution in [0.25, 0.3) is 16.7 Å². The molecule has 0 unspecified atom stereocenters. The number of amides is 1. The van der Waals surface area contributed by atoms with Crippen molar-refractivity contribution < 1.29 is 4.79 Å². The Balaban J connectivity index is 1.51. The average molecular weight is 355 g/mol. The van der Waals surface area contributed by atoms with Gasteiger partial charge in [0.25, 0.3) is 0 Å². The molecule has 0 aliphatic heterocycles. The third kappa shape index (κ3) is 3.90. The molecule has 27 heavy (non-hydrogen) atoms. The number of nitrogens with zero attached hydrogens (tertiary/aromatic N) is 2. The Hall–Kier alpha value is -3.40.